The van der Waals surface area contributed by atoms with E-state index >= 15 is 0 Å². The fourth-order valence-electron chi connectivity index (χ4n) is 3.24. The molecule has 1 unspecified atom stereocenters. The van der Waals surface area contributed by atoms with E-state index in [1.807, 2.05) is 54.7 Å². The molecular weight excluding hydrogens is 455 g/mol. The predicted octanol–water partition coefficient (Wildman–Crippen LogP) is 4.96. The number of benzene rings is 1. The topological polar surface area (TPSA) is 59.6 Å². The second-order valence-electron chi connectivity index (χ2n) is 7.06. The normalized spacial score (nSPS) is 21.3. The number of carbonyl (C=O) groups excluding carboxylic acids is 1. The first-order chi connectivity index (χ1) is 15.1. The molecule has 1 aromatic carbocycles. The number of rotatable bonds is 11. The number of allylic oxidation sites excluding steroid dienone is 1. The highest BCUT2D eigenvalue weighted by molar-refractivity contribution is 8.03. The summed E-state index contributed by atoms with van der Waals surface area (Å²) in [7, 11) is 0. The third-order valence-corrected chi connectivity index (χ3v) is 7.40. The Hall–Kier alpha value is -1.29. The maximum atomic E-state index is 13.4. The largest absolute Gasteiger partial charge is 0.491 e. The van der Waals surface area contributed by atoms with E-state index in [-0.39, 0.29) is 17.2 Å². The smallest absolute Gasteiger partial charge is 0.257 e. The Morgan fingerprint density at radius 2 is 2.16 bits per heavy atom. The van der Waals surface area contributed by atoms with E-state index in [0.29, 0.717) is 31.0 Å². The third kappa shape index (κ3) is 7.37. The van der Waals surface area contributed by atoms with Crippen LogP contribution in [0.1, 0.15) is 31.7 Å². The van der Waals surface area contributed by atoms with Gasteiger partial charge >= 0.3 is 0 Å². The summed E-state index contributed by atoms with van der Waals surface area (Å²) in [4.78, 5) is 14.4. The highest BCUT2D eigenvalue weighted by atomic mass is 32.2. The van der Waals surface area contributed by atoms with Crippen molar-refractivity contribution < 1.29 is 18.7 Å². The number of ether oxygens (including phenoxy) is 2. The Morgan fingerprint density at radius 3 is 2.77 bits per heavy atom. The van der Waals surface area contributed by atoms with Crippen molar-refractivity contribution in [3.05, 3.63) is 46.9 Å². The minimum atomic E-state index is -0.540. The van der Waals surface area contributed by atoms with Gasteiger partial charge in [0.1, 0.15) is 11.9 Å². The van der Waals surface area contributed by atoms with Gasteiger partial charge in [-0.1, -0.05) is 19.1 Å². The molecule has 1 aromatic rings. The minimum Gasteiger partial charge on any atom is -0.491 e. The maximum Gasteiger partial charge on any atom is 0.257 e. The Balaban J connectivity index is 1.78. The second-order valence-corrected chi connectivity index (χ2v) is 10.3. The Bertz CT molecular complexity index is 796. The number of halogens is 1. The Labute approximate surface area is 196 Å². The average Bonchev–Trinajstić information content (AvgIpc) is 3.43. The van der Waals surface area contributed by atoms with Gasteiger partial charge < -0.3 is 20.1 Å². The third-order valence-electron chi connectivity index (χ3n) is 4.77. The molecule has 170 valence electrons. The van der Waals surface area contributed by atoms with Crippen LogP contribution in [0.5, 0.6) is 0 Å². The zero-order chi connectivity index (χ0) is 22.1. The first-order valence-electron chi connectivity index (χ1n) is 10.4. The summed E-state index contributed by atoms with van der Waals surface area (Å²) < 4.78 is 25.0. The molecule has 2 aliphatic heterocycles. The lowest BCUT2D eigenvalue weighted by Gasteiger charge is -2.21. The molecule has 2 aliphatic rings. The van der Waals surface area contributed by atoms with Gasteiger partial charge in [0.25, 0.3) is 5.91 Å². The number of hydrogen-bond donors (Lipinski definition) is 2. The van der Waals surface area contributed by atoms with Crippen LogP contribution in [0.15, 0.2) is 46.3 Å². The van der Waals surface area contributed by atoms with E-state index in [2.05, 4.69) is 16.9 Å². The Morgan fingerprint density at radius 1 is 1.35 bits per heavy atom. The Kier molecular flexibility index (Phi) is 9.95. The molecule has 31 heavy (non-hydrogen) atoms. The molecule has 2 atom stereocenters. The molecule has 2 heterocycles. The van der Waals surface area contributed by atoms with Crippen molar-refractivity contribution in [1.82, 2.24) is 10.6 Å². The van der Waals surface area contributed by atoms with Gasteiger partial charge in [0.2, 0.25) is 0 Å². The summed E-state index contributed by atoms with van der Waals surface area (Å²) in [6, 6.07) is 8.01. The maximum absolute atomic E-state index is 13.4. The minimum absolute atomic E-state index is 0.0536. The fourth-order valence-corrected chi connectivity index (χ4v) is 5.37. The van der Waals surface area contributed by atoms with Crippen molar-refractivity contribution >= 4 is 46.8 Å². The molecule has 0 spiro atoms. The average molecular weight is 485 g/mol. The summed E-state index contributed by atoms with van der Waals surface area (Å²) in [6.45, 7) is 3.16. The number of nitrogens with one attached hydrogen (secondary N) is 2. The van der Waals surface area contributed by atoms with Gasteiger partial charge in [-0.25, -0.2) is 0 Å². The van der Waals surface area contributed by atoms with Crippen molar-refractivity contribution in [1.29, 1.82) is 0 Å². The van der Waals surface area contributed by atoms with Crippen LogP contribution in [0.2, 0.25) is 0 Å². The summed E-state index contributed by atoms with van der Waals surface area (Å²) in [5.41, 5.74) is 0.739. The van der Waals surface area contributed by atoms with Gasteiger partial charge in [-0.05, 0) is 53.6 Å². The number of carbonyl (C=O) groups is 1. The molecule has 2 N–H and O–H groups in total. The summed E-state index contributed by atoms with van der Waals surface area (Å²) in [6.07, 6.45) is 5.86. The predicted molar refractivity (Wildman–Crippen MR) is 130 cm³/mol. The lowest BCUT2D eigenvalue weighted by Crippen LogP contribution is -2.39. The van der Waals surface area contributed by atoms with Crippen LogP contribution in [0, 0.1) is 0 Å². The molecule has 0 saturated carbocycles. The molecular formula is C22H29FN2O3S3. The van der Waals surface area contributed by atoms with Crippen LogP contribution >= 0.6 is 35.3 Å². The molecule has 5 nitrogen and oxygen atoms in total. The van der Waals surface area contributed by atoms with Crippen LogP contribution in [-0.2, 0) is 14.3 Å². The SMILES string of the molecule is CC/C(O[C@@H]1CCOC1)=C(\C(=O)NC1NC=C(F)S1)c1ccc(SCCCSC)cc1. The van der Waals surface area contributed by atoms with Gasteiger partial charge in [0.15, 0.2) is 10.7 Å². The molecule has 0 radical (unpaired) electrons. The highest BCUT2D eigenvalue weighted by Gasteiger charge is 2.26. The van der Waals surface area contributed by atoms with Crippen molar-refractivity contribution in [2.75, 3.05) is 31.0 Å². The van der Waals surface area contributed by atoms with Crippen LogP contribution < -0.4 is 10.6 Å². The highest BCUT2D eigenvalue weighted by Crippen LogP contribution is 2.30. The van der Waals surface area contributed by atoms with Gasteiger partial charge in [0.05, 0.1) is 18.8 Å². The lowest BCUT2D eigenvalue weighted by molar-refractivity contribution is -0.116. The summed E-state index contributed by atoms with van der Waals surface area (Å²) in [5.74, 6) is 2.56. The summed E-state index contributed by atoms with van der Waals surface area (Å²) >= 11 is 4.61. The lowest BCUT2D eigenvalue weighted by atomic mass is 10.0. The quantitative estimate of drug-likeness (QED) is 0.199. The number of hydrogen-bond acceptors (Lipinski definition) is 7. The fraction of sp³-hybridized carbons (Fsp3) is 0.500. The molecule has 1 amide bonds. The zero-order valence-electron chi connectivity index (χ0n) is 17.8. The van der Waals surface area contributed by atoms with E-state index in [0.717, 1.165) is 41.7 Å². The molecule has 3 rings (SSSR count). The van der Waals surface area contributed by atoms with E-state index in [4.69, 9.17) is 9.47 Å². The molecule has 0 aromatic heterocycles. The molecule has 0 aliphatic carbocycles. The molecule has 1 fully saturated rings. The van der Waals surface area contributed by atoms with Gasteiger partial charge in [-0.3, -0.25) is 4.79 Å². The first kappa shape index (κ1) is 24.4. The van der Waals surface area contributed by atoms with Crippen molar-refractivity contribution in [2.45, 2.75) is 42.7 Å². The van der Waals surface area contributed by atoms with E-state index in [9.17, 15) is 9.18 Å². The zero-order valence-corrected chi connectivity index (χ0v) is 20.3. The number of thioether (sulfide) groups is 3. The van der Waals surface area contributed by atoms with Crippen LogP contribution in [0.3, 0.4) is 0 Å². The standard InChI is InChI=1S/C22H29FN2O3S3/c1-3-18(28-16-9-10-27-14-16)20(21(26)25-22-24-13-19(23)31-22)15-5-7-17(8-6-15)30-12-4-11-29-2/h5-8,13,16,22,24H,3-4,9-12,14H2,1-2H3,(H,25,26)/b20-18+/t16-,22?/m1/s1. The van der Waals surface area contributed by atoms with E-state index < -0.39 is 5.50 Å². The van der Waals surface area contributed by atoms with Crippen molar-refractivity contribution in [2.24, 2.45) is 0 Å². The van der Waals surface area contributed by atoms with Crippen LogP contribution in [0.25, 0.3) is 5.57 Å². The van der Waals surface area contributed by atoms with Crippen LogP contribution in [-0.4, -0.2) is 48.5 Å². The van der Waals surface area contributed by atoms with Gasteiger partial charge in [-0.15, -0.1) is 11.8 Å². The van der Waals surface area contributed by atoms with Crippen molar-refractivity contribution in [3.8, 4) is 0 Å². The summed E-state index contributed by atoms with van der Waals surface area (Å²) in [5, 5.41) is 5.32. The van der Waals surface area contributed by atoms with Gasteiger partial charge in [0, 0.05) is 23.9 Å². The monoisotopic (exact) mass is 484 g/mol. The van der Waals surface area contributed by atoms with Gasteiger partial charge in [-0.2, -0.15) is 16.2 Å². The second kappa shape index (κ2) is 12.7. The first-order valence-corrected chi connectivity index (χ1v) is 13.7. The molecule has 1 saturated heterocycles. The van der Waals surface area contributed by atoms with Crippen molar-refractivity contribution in [3.63, 3.8) is 0 Å². The van der Waals surface area contributed by atoms with E-state index in [1.165, 1.54) is 11.1 Å². The molecule has 9 heteroatoms. The van der Waals surface area contributed by atoms with E-state index in [1.54, 1.807) is 0 Å². The molecule has 0 bridgehead atoms. The number of amides is 1. The van der Waals surface area contributed by atoms with Crippen LogP contribution in [0.4, 0.5) is 4.39 Å².